The molecule has 1 aliphatic carbocycles. The Morgan fingerprint density at radius 1 is 1.20 bits per heavy atom. The van der Waals surface area contributed by atoms with Gasteiger partial charge in [0.15, 0.2) is 0 Å². The largest absolute Gasteiger partial charge is 0.478 e. The van der Waals surface area contributed by atoms with Crippen molar-refractivity contribution in [3.63, 3.8) is 0 Å². The van der Waals surface area contributed by atoms with Crippen molar-refractivity contribution >= 4 is 17.8 Å². The monoisotopic (exact) mass is 273 g/mol. The van der Waals surface area contributed by atoms with Crippen molar-refractivity contribution in [2.45, 2.75) is 32.2 Å². The molecule has 0 spiro atoms. The second kappa shape index (κ2) is 3.91. The number of carbonyl (C=O) groups excluding carboxylic acids is 2. The lowest BCUT2D eigenvalue weighted by Gasteiger charge is -2.34. The molecule has 1 aliphatic heterocycles. The molecule has 5 nitrogen and oxygen atoms in total. The fraction of sp³-hybridized carbons (Fsp3) is 0.400. The van der Waals surface area contributed by atoms with Gasteiger partial charge in [0.05, 0.1) is 16.7 Å². The summed E-state index contributed by atoms with van der Waals surface area (Å²) in [7, 11) is 0. The molecule has 0 saturated heterocycles. The Morgan fingerprint density at radius 3 is 2.35 bits per heavy atom. The van der Waals surface area contributed by atoms with Gasteiger partial charge in [0, 0.05) is 5.54 Å². The molecule has 0 aromatic heterocycles. The summed E-state index contributed by atoms with van der Waals surface area (Å²) < 4.78 is 0. The number of carbonyl (C=O) groups is 3. The molecule has 2 amide bonds. The quantitative estimate of drug-likeness (QED) is 0.856. The Kier molecular flexibility index (Phi) is 2.51. The van der Waals surface area contributed by atoms with Crippen molar-refractivity contribution < 1.29 is 19.5 Å². The Bertz CT molecular complexity index is 643. The first-order valence-corrected chi connectivity index (χ1v) is 6.60. The molecule has 104 valence electrons. The van der Waals surface area contributed by atoms with Gasteiger partial charge in [-0.3, -0.25) is 14.5 Å². The minimum atomic E-state index is -1.10. The van der Waals surface area contributed by atoms with E-state index in [-0.39, 0.29) is 22.9 Å². The topological polar surface area (TPSA) is 74.7 Å². The molecule has 0 atom stereocenters. The first kappa shape index (κ1) is 12.8. The summed E-state index contributed by atoms with van der Waals surface area (Å²) in [5.41, 5.74) is 0.00431. The van der Waals surface area contributed by atoms with Crippen LogP contribution < -0.4 is 0 Å². The smallest absolute Gasteiger partial charge is 0.335 e. The number of imide groups is 1. The minimum absolute atomic E-state index is 0.0241. The molecule has 1 heterocycles. The van der Waals surface area contributed by atoms with Crippen LogP contribution in [0.25, 0.3) is 0 Å². The number of rotatable bonds is 3. The molecule has 3 rings (SSSR count). The van der Waals surface area contributed by atoms with Crippen LogP contribution in [0.1, 0.15) is 57.8 Å². The van der Waals surface area contributed by atoms with Gasteiger partial charge in [0.25, 0.3) is 11.8 Å². The lowest BCUT2D eigenvalue weighted by Crippen LogP contribution is -2.49. The maximum Gasteiger partial charge on any atom is 0.335 e. The van der Waals surface area contributed by atoms with Gasteiger partial charge in [-0.25, -0.2) is 4.79 Å². The van der Waals surface area contributed by atoms with Gasteiger partial charge in [-0.2, -0.15) is 0 Å². The maximum atomic E-state index is 12.5. The molecule has 2 aliphatic rings. The van der Waals surface area contributed by atoms with E-state index < -0.39 is 11.5 Å². The predicted octanol–water partition coefficient (Wildman–Crippen LogP) is 2.17. The third-order valence-corrected chi connectivity index (χ3v) is 4.29. The lowest BCUT2D eigenvalue weighted by atomic mass is 9.96. The zero-order valence-electron chi connectivity index (χ0n) is 11.3. The van der Waals surface area contributed by atoms with Gasteiger partial charge < -0.3 is 5.11 Å². The van der Waals surface area contributed by atoms with Crippen molar-refractivity contribution in [1.82, 2.24) is 4.90 Å². The average Bonchev–Trinajstić information content (AvgIpc) is 3.19. The molecule has 1 aromatic rings. The molecule has 0 radical (unpaired) electrons. The highest BCUT2D eigenvalue weighted by Gasteiger charge is 2.50. The second-order valence-corrected chi connectivity index (χ2v) is 5.94. The number of fused-ring (bicyclic) bond motifs is 1. The van der Waals surface area contributed by atoms with E-state index in [1.54, 1.807) is 0 Å². The van der Waals surface area contributed by atoms with Crippen LogP contribution in [0.3, 0.4) is 0 Å². The number of hydrogen-bond acceptors (Lipinski definition) is 3. The van der Waals surface area contributed by atoms with E-state index in [9.17, 15) is 14.4 Å². The molecule has 0 unspecified atom stereocenters. The zero-order valence-corrected chi connectivity index (χ0v) is 11.3. The van der Waals surface area contributed by atoms with Crippen molar-refractivity contribution in [3.05, 3.63) is 34.9 Å². The number of carboxylic acids is 1. The van der Waals surface area contributed by atoms with Crippen LogP contribution in [-0.4, -0.2) is 33.3 Å². The normalized spacial score (nSPS) is 18.4. The van der Waals surface area contributed by atoms with Crippen LogP contribution in [-0.2, 0) is 0 Å². The van der Waals surface area contributed by atoms with Crippen LogP contribution in [0.2, 0.25) is 0 Å². The number of nitrogens with zero attached hydrogens (tertiary/aromatic N) is 1. The van der Waals surface area contributed by atoms with Crippen molar-refractivity contribution in [3.8, 4) is 0 Å². The first-order valence-electron chi connectivity index (χ1n) is 6.60. The van der Waals surface area contributed by atoms with Gasteiger partial charge in [0.1, 0.15) is 0 Å². The first-order chi connectivity index (χ1) is 9.34. The van der Waals surface area contributed by atoms with Gasteiger partial charge in [-0.15, -0.1) is 0 Å². The zero-order chi connectivity index (χ0) is 14.7. The summed E-state index contributed by atoms with van der Waals surface area (Å²) in [6.45, 7) is 3.79. The Morgan fingerprint density at radius 2 is 1.80 bits per heavy atom. The van der Waals surface area contributed by atoms with Crippen LogP contribution in [0, 0.1) is 5.92 Å². The number of carboxylic acid groups (broad SMARTS) is 1. The molecule has 1 fully saturated rings. The maximum absolute atomic E-state index is 12.5. The second-order valence-electron chi connectivity index (χ2n) is 5.94. The molecule has 1 aromatic carbocycles. The summed E-state index contributed by atoms with van der Waals surface area (Å²) in [6.07, 6.45) is 2.03. The van der Waals surface area contributed by atoms with Gasteiger partial charge in [0.2, 0.25) is 0 Å². The van der Waals surface area contributed by atoms with E-state index in [0.29, 0.717) is 11.5 Å². The van der Waals surface area contributed by atoms with Gasteiger partial charge in [-0.1, -0.05) is 0 Å². The van der Waals surface area contributed by atoms with Crippen LogP contribution in [0.4, 0.5) is 0 Å². The van der Waals surface area contributed by atoms with Crippen LogP contribution in [0.5, 0.6) is 0 Å². The third kappa shape index (κ3) is 1.66. The lowest BCUT2D eigenvalue weighted by molar-refractivity contribution is 0.0443. The highest BCUT2D eigenvalue weighted by Crippen LogP contribution is 2.45. The van der Waals surface area contributed by atoms with E-state index in [2.05, 4.69) is 0 Å². The fourth-order valence-electron chi connectivity index (χ4n) is 2.87. The highest BCUT2D eigenvalue weighted by atomic mass is 16.4. The van der Waals surface area contributed by atoms with E-state index >= 15 is 0 Å². The summed E-state index contributed by atoms with van der Waals surface area (Å²) in [5.74, 6) is -1.47. The summed E-state index contributed by atoms with van der Waals surface area (Å²) >= 11 is 0. The summed E-state index contributed by atoms with van der Waals surface area (Å²) in [5, 5.41) is 8.98. The molecule has 20 heavy (non-hydrogen) atoms. The average molecular weight is 273 g/mol. The number of benzene rings is 1. The van der Waals surface area contributed by atoms with Gasteiger partial charge >= 0.3 is 5.97 Å². The Hall–Kier alpha value is -2.17. The van der Waals surface area contributed by atoms with Gasteiger partial charge in [-0.05, 0) is 50.8 Å². The Labute approximate surface area is 116 Å². The molecule has 0 bridgehead atoms. The minimum Gasteiger partial charge on any atom is -0.478 e. The van der Waals surface area contributed by atoms with Crippen LogP contribution >= 0.6 is 0 Å². The number of hydrogen-bond donors (Lipinski definition) is 1. The molecular weight excluding hydrogens is 258 g/mol. The molecular formula is C15H15NO4. The van der Waals surface area contributed by atoms with E-state index in [1.807, 2.05) is 13.8 Å². The van der Waals surface area contributed by atoms with Crippen molar-refractivity contribution in [2.24, 2.45) is 5.92 Å². The van der Waals surface area contributed by atoms with Crippen molar-refractivity contribution in [1.29, 1.82) is 0 Å². The van der Waals surface area contributed by atoms with Crippen LogP contribution in [0.15, 0.2) is 18.2 Å². The summed E-state index contributed by atoms with van der Waals surface area (Å²) in [4.78, 5) is 37.2. The summed E-state index contributed by atoms with van der Waals surface area (Å²) in [6, 6.07) is 4.09. The van der Waals surface area contributed by atoms with E-state index in [4.69, 9.17) is 5.11 Å². The highest BCUT2D eigenvalue weighted by molar-refractivity contribution is 6.22. The van der Waals surface area contributed by atoms with E-state index in [1.165, 1.54) is 23.1 Å². The fourth-order valence-corrected chi connectivity index (χ4v) is 2.87. The number of amides is 2. The molecule has 1 saturated carbocycles. The van der Waals surface area contributed by atoms with Crippen molar-refractivity contribution in [2.75, 3.05) is 0 Å². The molecule has 1 N–H and O–H groups in total. The molecule has 5 heteroatoms. The third-order valence-electron chi connectivity index (χ3n) is 4.29. The van der Waals surface area contributed by atoms with E-state index in [0.717, 1.165) is 12.8 Å². The Balaban J connectivity index is 2.05. The SMILES string of the molecule is CC(C)(C1CC1)N1C(=O)c2ccc(C(=O)O)cc2C1=O. The standard InChI is InChI=1S/C15H15NO4/c1-15(2,9-4-5-9)16-12(17)10-6-3-8(14(19)20)7-11(10)13(16)18/h3,6-7,9H,4-5H2,1-2H3,(H,19,20). The predicted molar refractivity (Wildman–Crippen MR) is 70.7 cm³/mol. The number of aromatic carboxylic acids is 1.